The zero-order valence-electron chi connectivity index (χ0n) is 11.0. The Kier molecular flexibility index (Phi) is 3.97. The molecule has 0 bridgehead atoms. The van der Waals surface area contributed by atoms with Gasteiger partial charge in [-0.1, -0.05) is 0 Å². The highest BCUT2D eigenvalue weighted by atomic mass is 19.4. The van der Waals surface area contributed by atoms with Gasteiger partial charge in [0.05, 0.1) is 17.5 Å². The number of aromatic carboxylic acids is 1. The Balaban J connectivity index is 2.30. The van der Waals surface area contributed by atoms with Crippen LogP contribution in [0.4, 0.5) is 19.0 Å². The zero-order valence-corrected chi connectivity index (χ0v) is 11.0. The van der Waals surface area contributed by atoms with Gasteiger partial charge in [-0.15, -0.1) is 0 Å². The first-order chi connectivity index (χ1) is 9.76. The third-order valence-electron chi connectivity index (χ3n) is 2.80. The molecule has 0 fully saturated rings. The first kappa shape index (κ1) is 15.0. The molecule has 2 aromatic rings. The van der Waals surface area contributed by atoms with Crippen LogP contribution in [0.1, 0.15) is 23.7 Å². The molecule has 2 rings (SSSR count). The van der Waals surface area contributed by atoms with Crippen molar-refractivity contribution >= 4 is 22.7 Å². The second-order valence-corrected chi connectivity index (χ2v) is 4.62. The second kappa shape index (κ2) is 5.55. The monoisotopic (exact) mass is 299 g/mol. The quantitative estimate of drug-likeness (QED) is 0.907. The fourth-order valence-electron chi connectivity index (χ4n) is 1.94. The van der Waals surface area contributed by atoms with Gasteiger partial charge in [0.2, 0.25) is 0 Å². The summed E-state index contributed by atoms with van der Waals surface area (Å²) in [5, 5.41) is 12.0. The molecule has 112 valence electrons. The molecule has 0 amide bonds. The lowest BCUT2D eigenvalue weighted by atomic mass is 10.1. The van der Waals surface area contributed by atoms with Crippen LogP contribution in [-0.4, -0.2) is 33.3 Å². The number of halogens is 3. The molecule has 0 saturated carbocycles. The molecule has 21 heavy (non-hydrogen) atoms. The predicted molar refractivity (Wildman–Crippen MR) is 70.3 cm³/mol. The van der Waals surface area contributed by atoms with Crippen molar-refractivity contribution in [2.45, 2.75) is 25.6 Å². The van der Waals surface area contributed by atoms with E-state index in [4.69, 9.17) is 5.11 Å². The number of anilines is 1. The number of nitrogens with zero attached hydrogens (tertiary/aromatic N) is 2. The van der Waals surface area contributed by atoms with E-state index in [1.165, 1.54) is 31.5 Å². The summed E-state index contributed by atoms with van der Waals surface area (Å²) in [4.78, 5) is 18.7. The molecule has 0 saturated heterocycles. The maximum Gasteiger partial charge on any atom is 0.391 e. The number of fused-ring (bicyclic) bond motifs is 1. The Morgan fingerprint density at radius 1 is 1.38 bits per heavy atom. The van der Waals surface area contributed by atoms with Crippen LogP contribution in [0.2, 0.25) is 0 Å². The van der Waals surface area contributed by atoms with E-state index in [0.717, 1.165) is 0 Å². The summed E-state index contributed by atoms with van der Waals surface area (Å²) in [7, 11) is 0. The van der Waals surface area contributed by atoms with Crippen LogP contribution in [0.15, 0.2) is 24.5 Å². The van der Waals surface area contributed by atoms with Gasteiger partial charge < -0.3 is 10.4 Å². The molecule has 1 unspecified atom stereocenters. The summed E-state index contributed by atoms with van der Waals surface area (Å²) < 4.78 is 37.0. The van der Waals surface area contributed by atoms with Gasteiger partial charge in [-0.05, 0) is 25.1 Å². The fraction of sp³-hybridized carbons (Fsp3) is 0.308. The number of rotatable bonds is 4. The lowest BCUT2D eigenvalue weighted by molar-refractivity contribution is -0.136. The van der Waals surface area contributed by atoms with Gasteiger partial charge in [-0.25, -0.2) is 14.8 Å². The molecular formula is C13H12F3N3O2. The first-order valence-electron chi connectivity index (χ1n) is 6.07. The highest BCUT2D eigenvalue weighted by molar-refractivity contribution is 5.96. The minimum atomic E-state index is -4.27. The Bertz CT molecular complexity index is 673. The first-order valence-corrected chi connectivity index (χ1v) is 6.07. The van der Waals surface area contributed by atoms with E-state index in [1.54, 1.807) is 0 Å². The zero-order chi connectivity index (χ0) is 15.6. The number of carbonyl (C=O) groups is 1. The van der Waals surface area contributed by atoms with Crippen molar-refractivity contribution in [3.05, 3.63) is 30.1 Å². The molecule has 0 aliphatic carbocycles. The van der Waals surface area contributed by atoms with E-state index < -0.39 is 24.6 Å². The van der Waals surface area contributed by atoms with Gasteiger partial charge in [-0.2, -0.15) is 13.2 Å². The number of hydrogen-bond acceptors (Lipinski definition) is 4. The van der Waals surface area contributed by atoms with E-state index in [-0.39, 0.29) is 11.4 Å². The fourth-order valence-corrected chi connectivity index (χ4v) is 1.94. The summed E-state index contributed by atoms with van der Waals surface area (Å²) >= 11 is 0. The average molecular weight is 299 g/mol. The molecule has 1 atom stereocenters. The number of alkyl halides is 3. The molecule has 2 N–H and O–H groups in total. The van der Waals surface area contributed by atoms with Crippen molar-refractivity contribution in [1.82, 2.24) is 9.97 Å². The minimum Gasteiger partial charge on any atom is -0.478 e. The van der Waals surface area contributed by atoms with Crippen LogP contribution in [0.5, 0.6) is 0 Å². The van der Waals surface area contributed by atoms with Gasteiger partial charge in [0.1, 0.15) is 12.1 Å². The Labute approximate surface area is 117 Å². The summed E-state index contributed by atoms with van der Waals surface area (Å²) in [5.74, 6) is -0.857. The van der Waals surface area contributed by atoms with Crippen molar-refractivity contribution in [2.24, 2.45) is 0 Å². The highest BCUT2D eigenvalue weighted by Gasteiger charge is 2.30. The van der Waals surface area contributed by atoms with Gasteiger partial charge >= 0.3 is 12.1 Å². The third-order valence-corrected chi connectivity index (χ3v) is 2.80. The van der Waals surface area contributed by atoms with Crippen molar-refractivity contribution in [2.75, 3.05) is 5.32 Å². The standard InChI is InChI=1S/C13H12F3N3O2/c1-7(5-13(14,15)16)19-11-9-3-2-8(12(20)21)4-10(9)17-6-18-11/h2-4,6-7H,5H2,1H3,(H,20,21)(H,17,18,19). The van der Waals surface area contributed by atoms with Gasteiger partial charge in [0.15, 0.2) is 0 Å². The summed E-state index contributed by atoms with van der Waals surface area (Å²) in [6.07, 6.45) is -4.09. The van der Waals surface area contributed by atoms with E-state index in [1.807, 2.05) is 0 Å². The van der Waals surface area contributed by atoms with Crippen LogP contribution in [0.25, 0.3) is 10.9 Å². The molecule has 0 spiro atoms. The molecular weight excluding hydrogens is 287 g/mol. The van der Waals surface area contributed by atoms with E-state index in [0.29, 0.717) is 10.9 Å². The molecule has 1 aromatic heterocycles. The van der Waals surface area contributed by atoms with Crippen LogP contribution < -0.4 is 5.32 Å². The summed E-state index contributed by atoms with van der Waals surface area (Å²) in [6.45, 7) is 1.40. The molecule has 0 radical (unpaired) electrons. The number of nitrogens with one attached hydrogen (secondary N) is 1. The SMILES string of the molecule is CC(CC(F)(F)F)Nc1ncnc2cc(C(=O)O)ccc12. The Hall–Kier alpha value is -2.38. The number of carboxylic acids is 1. The van der Waals surface area contributed by atoms with Gasteiger partial charge in [-0.3, -0.25) is 0 Å². The van der Waals surface area contributed by atoms with Crippen LogP contribution >= 0.6 is 0 Å². The summed E-state index contributed by atoms with van der Waals surface area (Å²) in [5.41, 5.74) is 0.405. The van der Waals surface area contributed by atoms with Crippen molar-refractivity contribution in [1.29, 1.82) is 0 Å². The second-order valence-electron chi connectivity index (χ2n) is 4.62. The van der Waals surface area contributed by atoms with E-state index in [2.05, 4.69) is 15.3 Å². The van der Waals surface area contributed by atoms with Crippen molar-refractivity contribution in [3.8, 4) is 0 Å². The van der Waals surface area contributed by atoms with Crippen LogP contribution in [0.3, 0.4) is 0 Å². The molecule has 0 aliphatic rings. The van der Waals surface area contributed by atoms with Crippen molar-refractivity contribution < 1.29 is 23.1 Å². The third kappa shape index (κ3) is 3.80. The number of benzene rings is 1. The topological polar surface area (TPSA) is 75.1 Å². The molecule has 0 aliphatic heterocycles. The molecule has 8 heteroatoms. The lowest BCUT2D eigenvalue weighted by Gasteiger charge is -2.17. The Morgan fingerprint density at radius 3 is 2.71 bits per heavy atom. The largest absolute Gasteiger partial charge is 0.478 e. The van der Waals surface area contributed by atoms with Crippen LogP contribution in [-0.2, 0) is 0 Å². The Morgan fingerprint density at radius 2 is 2.10 bits per heavy atom. The van der Waals surface area contributed by atoms with E-state index in [9.17, 15) is 18.0 Å². The number of hydrogen-bond donors (Lipinski definition) is 2. The minimum absolute atomic E-state index is 0.0514. The molecule has 1 aromatic carbocycles. The van der Waals surface area contributed by atoms with Gasteiger partial charge in [0, 0.05) is 11.4 Å². The average Bonchev–Trinajstić information content (AvgIpc) is 2.36. The van der Waals surface area contributed by atoms with Gasteiger partial charge in [0.25, 0.3) is 0 Å². The lowest BCUT2D eigenvalue weighted by Crippen LogP contribution is -2.24. The number of aromatic nitrogens is 2. The van der Waals surface area contributed by atoms with E-state index >= 15 is 0 Å². The maximum atomic E-state index is 12.3. The predicted octanol–water partition coefficient (Wildman–Crippen LogP) is 3.08. The van der Waals surface area contributed by atoms with Crippen LogP contribution in [0, 0.1) is 0 Å². The molecule has 5 nitrogen and oxygen atoms in total. The normalized spacial score (nSPS) is 13.1. The highest BCUT2D eigenvalue weighted by Crippen LogP contribution is 2.25. The number of carboxylic acid groups (broad SMARTS) is 1. The van der Waals surface area contributed by atoms with Crippen molar-refractivity contribution in [3.63, 3.8) is 0 Å². The molecule has 1 heterocycles. The summed E-state index contributed by atoms with van der Waals surface area (Å²) in [6, 6.07) is 3.32. The smallest absolute Gasteiger partial charge is 0.391 e. The maximum absolute atomic E-state index is 12.3.